The summed E-state index contributed by atoms with van der Waals surface area (Å²) >= 11 is 0. The summed E-state index contributed by atoms with van der Waals surface area (Å²) in [5, 5.41) is 0. The Kier molecular flexibility index (Phi) is 5.42. The second kappa shape index (κ2) is 7.56. The van der Waals surface area contributed by atoms with Crippen molar-refractivity contribution in [3.8, 4) is 5.75 Å². The van der Waals surface area contributed by atoms with Crippen molar-refractivity contribution in [3.63, 3.8) is 0 Å². The van der Waals surface area contributed by atoms with Gasteiger partial charge in [-0.25, -0.2) is 8.42 Å². The van der Waals surface area contributed by atoms with Gasteiger partial charge in [-0.1, -0.05) is 30.3 Å². The number of hydrogen-bond acceptors (Lipinski definition) is 4. The Hall–Kier alpha value is -1.89. The molecule has 1 saturated heterocycles. The molecule has 5 nitrogen and oxygen atoms in total. The van der Waals surface area contributed by atoms with Crippen LogP contribution in [0.4, 0.5) is 0 Å². The predicted octanol–water partition coefficient (Wildman–Crippen LogP) is 2.72. The molecule has 2 aromatic carbocycles. The van der Waals surface area contributed by atoms with E-state index in [0.717, 1.165) is 5.56 Å². The fourth-order valence-corrected chi connectivity index (χ4v) is 4.63. The van der Waals surface area contributed by atoms with Crippen molar-refractivity contribution in [1.82, 2.24) is 4.31 Å². The number of nitrogens with zero attached hydrogens (tertiary/aromatic N) is 1. The van der Waals surface area contributed by atoms with Gasteiger partial charge in [0.05, 0.1) is 24.2 Å². The van der Waals surface area contributed by atoms with E-state index in [1.54, 1.807) is 31.4 Å². The van der Waals surface area contributed by atoms with Crippen LogP contribution in [0.15, 0.2) is 59.5 Å². The highest BCUT2D eigenvalue weighted by Gasteiger charge is 2.33. The van der Waals surface area contributed by atoms with Crippen molar-refractivity contribution < 1.29 is 17.9 Å². The number of morpholine rings is 1. The van der Waals surface area contributed by atoms with Crippen LogP contribution in [0, 0.1) is 0 Å². The first-order valence-electron chi connectivity index (χ1n) is 8.32. The van der Waals surface area contributed by atoms with Crippen LogP contribution in [0.2, 0.25) is 0 Å². The zero-order chi connectivity index (χ0) is 17.9. The van der Waals surface area contributed by atoms with E-state index >= 15 is 0 Å². The van der Waals surface area contributed by atoms with Crippen LogP contribution in [-0.2, 0) is 21.2 Å². The molecular weight excluding hydrogens is 338 g/mol. The molecule has 25 heavy (non-hydrogen) atoms. The van der Waals surface area contributed by atoms with Crippen molar-refractivity contribution >= 4 is 10.0 Å². The van der Waals surface area contributed by atoms with E-state index in [0.29, 0.717) is 25.3 Å². The van der Waals surface area contributed by atoms with E-state index in [1.807, 2.05) is 37.3 Å². The Labute approximate surface area is 149 Å². The first-order valence-corrected chi connectivity index (χ1v) is 9.76. The number of rotatable bonds is 5. The third-order valence-corrected chi connectivity index (χ3v) is 6.14. The van der Waals surface area contributed by atoms with E-state index in [1.165, 1.54) is 4.31 Å². The lowest BCUT2D eigenvalue weighted by molar-refractivity contribution is -0.0529. The molecule has 2 atom stereocenters. The summed E-state index contributed by atoms with van der Waals surface area (Å²) in [5.74, 6) is 0.635. The van der Waals surface area contributed by atoms with E-state index in [9.17, 15) is 8.42 Å². The topological polar surface area (TPSA) is 55.8 Å². The number of ether oxygens (including phenoxy) is 2. The Morgan fingerprint density at radius 1 is 1.08 bits per heavy atom. The van der Waals surface area contributed by atoms with Gasteiger partial charge in [0.15, 0.2) is 0 Å². The standard InChI is InChI=1S/C19H23NO4S/c1-15-13-20(14-18(24-15)12-16-6-4-3-5-7-16)25(21,22)19-10-8-17(23-2)9-11-19/h3-11,15,18H,12-14H2,1-2H3. The van der Waals surface area contributed by atoms with Crippen LogP contribution in [-0.4, -0.2) is 45.1 Å². The largest absolute Gasteiger partial charge is 0.497 e. The molecule has 2 unspecified atom stereocenters. The molecule has 6 heteroatoms. The summed E-state index contributed by atoms with van der Waals surface area (Å²) in [6.07, 6.45) is 0.398. The van der Waals surface area contributed by atoms with Crippen molar-refractivity contribution in [1.29, 1.82) is 0 Å². The third-order valence-electron chi connectivity index (χ3n) is 4.30. The number of benzene rings is 2. The smallest absolute Gasteiger partial charge is 0.243 e. The molecule has 2 aromatic rings. The lowest BCUT2D eigenvalue weighted by Gasteiger charge is -2.36. The molecule has 0 N–H and O–H groups in total. The van der Waals surface area contributed by atoms with Gasteiger partial charge in [-0.05, 0) is 43.2 Å². The maximum Gasteiger partial charge on any atom is 0.243 e. The molecular formula is C19H23NO4S. The SMILES string of the molecule is COc1ccc(S(=O)(=O)N2CC(C)OC(Cc3ccccc3)C2)cc1. The van der Waals surface area contributed by atoms with Crippen LogP contribution in [0.1, 0.15) is 12.5 Å². The van der Waals surface area contributed by atoms with E-state index < -0.39 is 10.0 Å². The maximum absolute atomic E-state index is 13.0. The van der Waals surface area contributed by atoms with Gasteiger partial charge in [0, 0.05) is 13.1 Å². The predicted molar refractivity (Wildman–Crippen MR) is 96.2 cm³/mol. The van der Waals surface area contributed by atoms with Gasteiger partial charge in [0.25, 0.3) is 0 Å². The molecule has 3 rings (SSSR count). The van der Waals surface area contributed by atoms with Crippen LogP contribution in [0.25, 0.3) is 0 Å². The minimum absolute atomic E-state index is 0.143. The zero-order valence-electron chi connectivity index (χ0n) is 14.5. The van der Waals surface area contributed by atoms with Crippen LogP contribution >= 0.6 is 0 Å². The molecule has 0 radical (unpaired) electrons. The van der Waals surface area contributed by atoms with Gasteiger partial charge in [0.2, 0.25) is 10.0 Å². The van der Waals surface area contributed by atoms with E-state index in [4.69, 9.17) is 9.47 Å². The molecule has 1 fully saturated rings. The monoisotopic (exact) mass is 361 g/mol. The van der Waals surface area contributed by atoms with Gasteiger partial charge in [-0.15, -0.1) is 0 Å². The van der Waals surface area contributed by atoms with E-state index in [2.05, 4.69) is 0 Å². The molecule has 1 heterocycles. The minimum atomic E-state index is -3.55. The van der Waals surface area contributed by atoms with Gasteiger partial charge in [-0.3, -0.25) is 0 Å². The first kappa shape index (κ1) is 17.9. The fraction of sp³-hybridized carbons (Fsp3) is 0.368. The second-order valence-electron chi connectivity index (χ2n) is 6.26. The minimum Gasteiger partial charge on any atom is -0.497 e. The quantitative estimate of drug-likeness (QED) is 0.822. The molecule has 0 spiro atoms. The second-order valence-corrected chi connectivity index (χ2v) is 8.19. The summed E-state index contributed by atoms with van der Waals surface area (Å²) in [4.78, 5) is 0.279. The molecule has 134 valence electrons. The Bertz CT molecular complexity index is 790. The highest BCUT2D eigenvalue weighted by Crippen LogP contribution is 2.24. The highest BCUT2D eigenvalue weighted by atomic mass is 32.2. The summed E-state index contributed by atoms with van der Waals surface area (Å²) in [6.45, 7) is 2.63. The summed E-state index contributed by atoms with van der Waals surface area (Å²) in [7, 11) is -1.99. The zero-order valence-corrected chi connectivity index (χ0v) is 15.3. The van der Waals surface area contributed by atoms with Crippen molar-refractivity contribution in [3.05, 3.63) is 60.2 Å². The molecule has 1 aliphatic rings. The average Bonchev–Trinajstić information content (AvgIpc) is 2.62. The maximum atomic E-state index is 13.0. The molecule has 1 aliphatic heterocycles. The van der Waals surface area contributed by atoms with Crippen molar-refractivity contribution in [2.24, 2.45) is 0 Å². The molecule has 0 saturated carbocycles. The molecule has 0 aromatic heterocycles. The summed E-state index contributed by atoms with van der Waals surface area (Å²) in [6, 6.07) is 16.5. The highest BCUT2D eigenvalue weighted by molar-refractivity contribution is 7.89. The van der Waals surface area contributed by atoms with Gasteiger partial charge >= 0.3 is 0 Å². The molecule has 0 amide bonds. The fourth-order valence-electron chi connectivity index (χ4n) is 3.09. The van der Waals surface area contributed by atoms with Crippen molar-refractivity contribution in [2.75, 3.05) is 20.2 Å². The summed E-state index contributed by atoms with van der Waals surface area (Å²) in [5.41, 5.74) is 1.14. The third kappa shape index (κ3) is 4.21. The molecule has 0 bridgehead atoms. The van der Waals surface area contributed by atoms with Crippen molar-refractivity contribution in [2.45, 2.75) is 30.4 Å². The number of methoxy groups -OCH3 is 1. The Morgan fingerprint density at radius 2 is 1.76 bits per heavy atom. The first-order chi connectivity index (χ1) is 12.0. The van der Waals surface area contributed by atoms with Crippen LogP contribution in [0.3, 0.4) is 0 Å². The van der Waals surface area contributed by atoms with Crippen LogP contribution < -0.4 is 4.74 Å². The van der Waals surface area contributed by atoms with E-state index in [-0.39, 0.29) is 17.1 Å². The van der Waals surface area contributed by atoms with Gasteiger partial charge in [-0.2, -0.15) is 4.31 Å². The number of sulfonamides is 1. The normalized spacial score (nSPS) is 21.8. The Balaban J connectivity index is 1.77. The number of hydrogen-bond donors (Lipinski definition) is 0. The lowest BCUT2D eigenvalue weighted by Crippen LogP contribution is -2.49. The average molecular weight is 361 g/mol. The summed E-state index contributed by atoms with van der Waals surface area (Å²) < 4.78 is 38.5. The van der Waals surface area contributed by atoms with Gasteiger partial charge in [0.1, 0.15) is 5.75 Å². The molecule has 0 aliphatic carbocycles. The van der Waals surface area contributed by atoms with Gasteiger partial charge < -0.3 is 9.47 Å². The Morgan fingerprint density at radius 3 is 2.40 bits per heavy atom. The van der Waals surface area contributed by atoms with Crippen LogP contribution in [0.5, 0.6) is 5.75 Å². The lowest BCUT2D eigenvalue weighted by atomic mass is 10.1.